The maximum absolute atomic E-state index is 13.9. The van der Waals surface area contributed by atoms with E-state index in [0.717, 1.165) is 25.8 Å². The van der Waals surface area contributed by atoms with Crippen LogP contribution in [0.4, 0.5) is 21.0 Å². The van der Waals surface area contributed by atoms with Gasteiger partial charge in [-0.2, -0.15) is 0 Å². The summed E-state index contributed by atoms with van der Waals surface area (Å²) >= 11 is 0. The van der Waals surface area contributed by atoms with Crippen LogP contribution in [0.1, 0.15) is 77.5 Å². The van der Waals surface area contributed by atoms with Crippen LogP contribution in [-0.2, 0) is 20.8 Å². The molecule has 0 bridgehead atoms. The first-order valence-electron chi connectivity index (χ1n) is 16.4. The molecule has 1 saturated heterocycles. The molecule has 2 atom stereocenters. The topological polar surface area (TPSA) is 105 Å². The molecule has 1 aliphatic rings. The van der Waals surface area contributed by atoms with Gasteiger partial charge in [-0.3, -0.25) is 9.69 Å². The molecule has 2 aromatic carbocycles. The van der Waals surface area contributed by atoms with E-state index in [2.05, 4.69) is 46.4 Å². The SMILES string of the molecule is CCNC(=O)Nc1ccc(N(C(=O)OC(C)(C)C)[C@H](C)CC(=O)N2CCCC(c3c(C)c4ccccc4n3CCCOC)C2)cc1. The highest BCUT2D eigenvalue weighted by Gasteiger charge is 2.33. The molecule has 2 N–H and O–H groups in total. The lowest BCUT2D eigenvalue weighted by Crippen LogP contribution is -2.46. The molecule has 1 unspecified atom stereocenters. The number of para-hydroxylation sites is 1. The maximum atomic E-state index is 13.9. The van der Waals surface area contributed by atoms with E-state index in [1.165, 1.54) is 27.1 Å². The Morgan fingerprint density at radius 3 is 2.48 bits per heavy atom. The molecule has 2 heterocycles. The number of rotatable bonds is 11. The molecule has 1 aromatic heterocycles. The minimum Gasteiger partial charge on any atom is -0.443 e. The number of hydrogen-bond acceptors (Lipinski definition) is 5. The van der Waals surface area contributed by atoms with Crippen molar-refractivity contribution < 1.29 is 23.9 Å². The highest BCUT2D eigenvalue weighted by molar-refractivity contribution is 5.92. The Balaban J connectivity index is 1.53. The Bertz CT molecular complexity index is 1490. The molecule has 250 valence electrons. The fraction of sp³-hybridized carbons (Fsp3) is 0.528. The van der Waals surface area contributed by atoms with Gasteiger partial charge in [0.2, 0.25) is 5.91 Å². The van der Waals surface area contributed by atoms with Gasteiger partial charge in [0.1, 0.15) is 5.60 Å². The smallest absolute Gasteiger partial charge is 0.415 e. The number of fused-ring (bicyclic) bond motifs is 1. The molecule has 0 spiro atoms. The number of likely N-dealkylation sites (tertiary alicyclic amines) is 1. The molecule has 46 heavy (non-hydrogen) atoms. The number of carbonyl (C=O) groups is 3. The number of benzene rings is 2. The van der Waals surface area contributed by atoms with Gasteiger partial charge in [0.05, 0.1) is 0 Å². The predicted octanol–water partition coefficient (Wildman–Crippen LogP) is 7.05. The van der Waals surface area contributed by atoms with E-state index in [0.29, 0.717) is 37.6 Å². The van der Waals surface area contributed by atoms with Crippen molar-refractivity contribution in [2.45, 2.75) is 91.3 Å². The second-order valence-electron chi connectivity index (χ2n) is 13.1. The zero-order valence-electron chi connectivity index (χ0n) is 28.5. The minimum absolute atomic E-state index is 0.0139. The van der Waals surface area contributed by atoms with Gasteiger partial charge in [0.25, 0.3) is 0 Å². The van der Waals surface area contributed by atoms with Gasteiger partial charge in [-0.25, -0.2) is 9.59 Å². The third-order valence-electron chi connectivity index (χ3n) is 8.41. The predicted molar refractivity (Wildman–Crippen MR) is 184 cm³/mol. The molecule has 0 saturated carbocycles. The maximum Gasteiger partial charge on any atom is 0.415 e. The Kier molecular flexibility index (Phi) is 11.7. The Labute approximate surface area is 273 Å². The lowest BCUT2D eigenvalue weighted by Gasteiger charge is -2.36. The van der Waals surface area contributed by atoms with Crippen LogP contribution in [0.3, 0.4) is 0 Å². The van der Waals surface area contributed by atoms with Gasteiger partial charge in [0.15, 0.2) is 0 Å². The summed E-state index contributed by atoms with van der Waals surface area (Å²) in [5.74, 6) is 0.231. The van der Waals surface area contributed by atoms with E-state index in [4.69, 9.17) is 9.47 Å². The van der Waals surface area contributed by atoms with E-state index in [-0.39, 0.29) is 24.3 Å². The first-order chi connectivity index (χ1) is 21.9. The van der Waals surface area contributed by atoms with Crippen LogP contribution in [0.25, 0.3) is 10.9 Å². The Morgan fingerprint density at radius 2 is 1.80 bits per heavy atom. The first-order valence-corrected chi connectivity index (χ1v) is 16.4. The lowest BCUT2D eigenvalue weighted by molar-refractivity contribution is -0.132. The summed E-state index contributed by atoms with van der Waals surface area (Å²) < 4.78 is 13.6. The van der Waals surface area contributed by atoms with Crippen molar-refractivity contribution in [1.82, 2.24) is 14.8 Å². The molecular formula is C36H51N5O5. The largest absolute Gasteiger partial charge is 0.443 e. The van der Waals surface area contributed by atoms with Crippen LogP contribution in [-0.4, -0.2) is 72.5 Å². The normalized spacial score (nSPS) is 15.8. The van der Waals surface area contributed by atoms with Gasteiger partial charge >= 0.3 is 12.1 Å². The quantitative estimate of drug-likeness (QED) is 0.220. The van der Waals surface area contributed by atoms with Gasteiger partial charge in [-0.05, 0) is 96.7 Å². The van der Waals surface area contributed by atoms with Crippen molar-refractivity contribution in [3.8, 4) is 0 Å². The minimum atomic E-state index is -0.710. The van der Waals surface area contributed by atoms with E-state index in [1.807, 2.05) is 39.5 Å². The molecular weight excluding hydrogens is 582 g/mol. The van der Waals surface area contributed by atoms with Crippen LogP contribution in [0.2, 0.25) is 0 Å². The van der Waals surface area contributed by atoms with Gasteiger partial charge in [-0.1, -0.05) is 18.2 Å². The fourth-order valence-corrected chi connectivity index (χ4v) is 6.42. The number of amides is 4. The number of urea groups is 1. The summed E-state index contributed by atoms with van der Waals surface area (Å²) in [4.78, 5) is 42.9. The first kappa shape index (κ1) is 34.8. The molecule has 10 heteroatoms. The number of aromatic nitrogens is 1. The van der Waals surface area contributed by atoms with E-state index >= 15 is 0 Å². The molecule has 0 radical (unpaired) electrons. The van der Waals surface area contributed by atoms with Crippen LogP contribution in [0.15, 0.2) is 48.5 Å². The average Bonchev–Trinajstić information content (AvgIpc) is 3.28. The third-order valence-corrected chi connectivity index (χ3v) is 8.41. The molecule has 0 aliphatic carbocycles. The van der Waals surface area contributed by atoms with Crippen molar-refractivity contribution in [2.24, 2.45) is 0 Å². The zero-order valence-corrected chi connectivity index (χ0v) is 28.5. The summed E-state index contributed by atoms with van der Waals surface area (Å²) in [6.07, 6.45) is 2.48. The van der Waals surface area contributed by atoms with Crippen molar-refractivity contribution >= 4 is 40.3 Å². The number of anilines is 2. The fourth-order valence-electron chi connectivity index (χ4n) is 6.42. The van der Waals surface area contributed by atoms with Crippen molar-refractivity contribution in [2.75, 3.05) is 43.6 Å². The summed E-state index contributed by atoms with van der Waals surface area (Å²) in [5.41, 5.74) is 4.28. The highest BCUT2D eigenvalue weighted by Crippen LogP contribution is 2.36. The van der Waals surface area contributed by atoms with Crippen molar-refractivity contribution in [1.29, 1.82) is 0 Å². The number of aryl methyl sites for hydroxylation is 2. The average molecular weight is 634 g/mol. The summed E-state index contributed by atoms with van der Waals surface area (Å²) in [5, 5.41) is 6.73. The van der Waals surface area contributed by atoms with Crippen molar-refractivity contribution in [3.63, 3.8) is 0 Å². The number of methoxy groups -OCH3 is 1. The number of ether oxygens (including phenoxy) is 2. The van der Waals surface area contributed by atoms with E-state index in [9.17, 15) is 14.4 Å². The number of nitrogens with one attached hydrogen (secondary N) is 2. The monoisotopic (exact) mass is 633 g/mol. The number of piperidine rings is 1. The van der Waals surface area contributed by atoms with Gasteiger partial charge in [-0.15, -0.1) is 0 Å². The summed E-state index contributed by atoms with van der Waals surface area (Å²) in [6.45, 7) is 14.8. The molecule has 4 amide bonds. The van der Waals surface area contributed by atoms with Gasteiger partial charge < -0.3 is 29.6 Å². The molecule has 1 fully saturated rings. The summed E-state index contributed by atoms with van der Waals surface area (Å²) in [7, 11) is 1.73. The second kappa shape index (κ2) is 15.5. The lowest BCUT2D eigenvalue weighted by atomic mass is 9.91. The molecule has 10 nitrogen and oxygen atoms in total. The standard InChI is InChI=1S/C36H51N5O5/c1-8-37-34(43)38-28-16-18-29(19-17-28)41(35(44)46-36(4,5)6)25(2)23-32(42)39-20-11-13-27(24-39)33-26(3)30-14-9-10-15-31(30)40(33)21-12-22-45-7/h9-10,14-19,25,27H,8,11-13,20-24H2,1-7H3,(H2,37,38,43)/t25-,27?/m1/s1. The Morgan fingerprint density at radius 1 is 1.09 bits per heavy atom. The molecule has 4 rings (SSSR count). The molecule has 3 aromatic rings. The van der Waals surface area contributed by atoms with Crippen LogP contribution >= 0.6 is 0 Å². The number of carbonyl (C=O) groups excluding carboxylic acids is 3. The number of nitrogens with zero attached hydrogens (tertiary/aromatic N) is 3. The zero-order chi connectivity index (χ0) is 33.4. The van der Waals surface area contributed by atoms with E-state index < -0.39 is 17.7 Å². The molecule has 1 aliphatic heterocycles. The van der Waals surface area contributed by atoms with E-state index in [1.54, 1.807) is 31.4 Å². The van der Waals surface area contributed by atoms with Crippen LogP contribution < -0.4 is 15.5 Å². The van der Waals surface area contributed by atoms with Crippen LogP contribution in [0, 0.1) is 6.92 Å². The van der Waals surface area contributed by atoms with Gasteiger partial charge in [0, 0.05) is 86.2 Å². The van der Waals surface area contributed by atoms with Crippen molar-refractivity contribution in [3.05, 3.63) is 59.8 Å². The summed E-state index contributed by atoms with van der Waals surface area (Å²) in [6, 6.07) is 14.8. The Hall–Kier alpha value is -4.05. The number of hydrogen-bond donors (Lipinski definition) is 2. The highest BCUT2D eigenvalue weighted by atomic mass is 16.6. The second-order valence-corrected chi connectivity index (χ2v) is 13.1. The van der Waals surface area contributed by atoms with Crippen LogP contribution in [0.5, 0.6) is 0 Å². The third kappa shape index (κ3) is 8.60.